The zero-order valence-corrected chi connectivity index (χ0v) is 13.9. The molecule has 0 spiro atoms. The van der Waals surface area contributed by atoms with Gasteiger partial charge in [0.15, 0.2) is 0 Å². The second-order valence-electron chi connectivity index (χ2n) is 4.96. The number of methoxy groups -OCH3 is 1. The van der Waals surface area contributed by atoms with Crippen LogP contribution in [0, 0.1) is 0 Å². The predicted molar refractivity (Wildman–Crippen MR) is 92.7 cm³/mol. The number of anilines is 3. The summed E-state index contributed by atoms with van der Waals surface area (Å²) < 4.78 is 9.96. The van der Waals surface area contributed by atoms with Gasteiger partial charge in [-0.3, -0.25) is 0 Å². The van der Waals surface area contributed by atoms with Gasteiger partial charge >= 0.3 is 5.97 Å². The molecule has 1 heterocycles. The molecule has 0 aliphatic heterocycles. The quantitative estimate of drug-likeness (QED) is 0.540. The van der Waals surface area contributed by atoms with Gasteiger partial charge in [0, 0.05) is 32.1 Å². The van der Waals surface area contributed by atoms with Crippen molar-refractivity contribution >= 4 is 23.4 Å². The van der Waals surface area contributed by atoms with Gasteiger partial charge in [-0.2, -0.15) is 4.98 Å². The molecular weight excluding hydrogens is 308 g/mol. The topological polar surface area (TPSA) is 85.4 Å². The minimum Gasteiger partial charge on any atom is -0.462 e. The molecule has 0 saturated heterocycles. The van der Waals surface area contributed by atoms with Crippen molar-refractivity contribution in [1.82, 2.24) is 9.97 Å². The molecule has 0 amide bonds. The highest BCUT2D eigenvalue weighted by molar-refractivity contribution is 5.89. The smallest absolute Gasteiger partial charge is 0.338 e. The molecule has 2 rings (SSSR count). The highest BCUT2D eigenvalue weighted by atomic mass is 16.5. The Labute approximate surface area is 141 Å². The van der Waals surface area contributed by atoms with E-state index < -0.39 is 0 Å². The van der Waals surface area contributed by atoms with E-state index in [2.05, 4.69) is 20.6 Å². The lowest BCUT2D eigenvalue weighted by molar-refractivity contribution is 0.0526. The second kappa shape index (κ2) is 9.46. The average Bonchev–Trinajstić information content (AvgIpc) is 2.60. The third-order valence-corrected chi connectivity index (χ3v) is 3.14. The molecule has 0 aliphatic rings. The summed E-state index contributed by atoms with van der Waals surface area (Å²) in [5.74, 6) is 0.893. The van der Waals surface area contributed by atoms with Gasteiger partial charge in [-0.1, -0.05) is 0 Å². The number of hydrogen-bond acceptors (Lipinski definition) is 7. The summed E-state index contributed by atoms with van der Waals surface area (Å²) in [5.41, 5.74) is 1.30. The maximum atomic E-state index is 11.6. The van der Waals surface area contributed by atoms with Crippen LogP contribution in [0.3, 0.4) is 0 Å². The van der Waals surface area contributed by atoms with Crippen LogP contribution in [0.2, 0.25) is 0 Å². The summed E-state index contributed by atoms with van der Waals surface area (Å²) in [5, 5.41) is 6.32. The molecule has 1 aromatic heterocycles. The van der Waals surface area contributed by atoms with Crippen LogP contribution < -0.4 is 10.6 Å². The van der Waals surface area contributed by atoms with E-state index in [1.165, 1.54) is 0 Å². The number of benzene rings is 1. The van der Waals surface area contributed by atoms with E-state index in [0.717, 1.165) is 24.5 Å². The molecule has 7 heteroatoms. The number of aromatic nitrogens is 2. The van der Waals surface area contributed by atoms with Crippen molar-refractivity contribution in [2.45, 2.75) is 13.3 Å². The molecule has 0 saturated carbocycles. The fraction of sp³-hybridized carbons (Fsp3) is 0.353. The molecule has 0 bridgehead atoms. The number of rotatable bonds is 9. The van der Waals surface area contributed by atoms with E-state index >= 15 is 0 Å². The summed E-state index contributed by atoms with van der Waals surface area (Å²) >= 11 is 0. The van der Waals surface area contributed by atoms with Crippen molar-refractivity contribution in [3.63, 3.8) is 0 Å². The number of nitrogens with one attached hydrogen (secondary N) is 2. The van der Waals surface area contributed by atoms with Crippen LogP contribution in [0.25, 0.3) is 0 Å². The van der Waals surface area contributed by atoms with E-state index in [1.54, 1.807) is 44.5 Å². The van der Waals surface area contributed by atoms with Crippen molar-refractivity contribution in [3.05, 3.63) is 42.1 Å². The molecule has 0 atom stereocenters. The number of hydrogen-bond donors (Lipinski definition) is 2. The zero-order chi connectivity index (χ0) is 17.2. The Balaban J connectivity index is 1.94. The van der Waals surface area contributed by atoms with Crippen molar-refractivity contribution in [2.75, 3.05) is 37.5 Å². The zero-order valence-electron chi connectivity index (χ0n) is 13.9. The fourth-order valence-corrected chi connectivity index (χ4v) is 1.98. The molecule has 0 radical (unpaired) electrons. The Morgan fingerprint density at radius 3 is 2.71 bits per heavy atom. The van der Waals surface area contributed by atoms with Crippen LogP contribution in [0.4, 0.5) is 17.5 Å². The Kier molecular flexibility index (Phi) is 6.97. The summed E-state index contributed by atoms with van der Waals surface area (Å²) in [7, 11) is 1.68. The van der Waals surface area contributed by atoms with E-state index in [4.69, 9.17) is 9.47 Å². The van der Waals surface area contributed by atoms with Crippen LogP contribution in [0.5, 0.6) is 0 Å². The van der Waals surface area contributed by atoms with Crippen LogP contribution in [0.15, 0.2) is 36.5 Å². The molecule has 128 valence electrons. The lowest BCUT2D eigenvalue weighted by Crippen LogP contribution is -2.07. The lowest BCUT2D eigenvalue weighted by Gasteiger charge is -2.09. The van der Waals surface area contributed by atoms with Crippen molar-refractivity contribution in [2.24, 2.45) is 0 Å². The maximum absolute atomic E-state index is 11.6. The first-order valence-corrected chi connectivity index (χ1v) is 7.83. The van der Waals surface area contributed by atoms with E-state index in [-0.39, 0.29) is 5.97 Å². The molecule has 2 aromatic rings. The first-order chi connectivity index (χ1) is 11.7. The number of ether oxygens (including phenoxy) is 2. The highest BCUT2D eigenvalue weighted by Gasteiger charge is 2.06. The summed E-state index contributed by atoms with van der Waals surface area (Å²) in [6, 6.07) is 8.78. The third-order valence-electron chi connectivity index (χ3n) is 3.14. The largest absolute Gasteiger partial charge is 0.462 e. The number of esters is 1. The molecule has 0 fully saturated rings. The standard InChI is InChI=1S/C17H22N4O3/c1-3-24-16(22)13-5-7-14(8-6-13)20-17-19-11-9-15(21-17)18-10-4-12-23-2/h5-9,11H,3-4,10,12H2,1-2H3,(H2,18,19,20,21). The second-order valence-corrected chi connectivity index (χ2v) is 4.96. The van der Waals surface area contributed by atoms with Gasteiger partial charge in [0.05, 0.1) is 12.2 Å². The van der Waals surface area contributed by atoms with Gasteiger partial charge in [-0.25, -0.2) is 9.78 Å². The molecular formula is C17H22N4O3. The maximum Gasteiger partial charge on any atom is 0.338 e. The van der Waals surface area contributed by atoms with Crippen LogP contribution in [-0.2, 0) is 9.47 Å². The van der Waals surface area contributed by atoms with Crippen molar-refractivity contribution < 1.29 is 14.3 Å². The predicted octanol–water partition coefficient (Wildman–Crippen LogP) is 2.85. The minimum absolute atomic E-state index is 0.331. The SMILES string of the molecule is CCOC(=O)c1ccc(Nc2nccc(NCCCOC)n2)cc1. The third kappa shape index (κ3) is 5.51. The summed E-state index contributed by atoms with van der Waals surface area (Å²) in [4.78, 5) is 20.2. The normalized spacial score (nSPS) is 10.2. The Bertz CT molecular complexity index is 647. The average molecular weight is 330 g/mol. The van der Waals surface area contributed by atoms with Crippen molar-refractivity contribution in [1.29, 1.82) is 0 Å². The molecule has 0 aliphatic carbocycles. The fourth-order valence-electron chi connectivity index (χ4n) is 1.98. The molecule has 2 N–H and O–H groups in total. The van der Waals surface area contributed by atoms with Crippen LogP contribution in [0.1, 0.15) is 23.7 Å². The van der Waals surface area contributed by atoms with Gasteiger partial charge in [-0.05, 0) is 43.7 Å². The number of carbonyl (C=O) groups excluding carboxylic acids is 1. The van der Waals surface area contributed by atoms with E-state index in [0.29, 0.717) is 24.7 Å². The monoisotopic (exact) mass is 330 g/mol. The highest BCUT2D eigenvalue weighted by Crippen LogP contribution is 2.15. The molecule has 24 heavy (non-hydrogen) atoms. The van der Waals surface area contributed by atoms with E-state index in [9.17, 15) is 4.79 Å². The molecule has 0 unspecified atom stereocenters. The van der Waals surface area contributed by atoms with Gasteiger partial charge in [0.1, 0.15) is 5.82 Å². The number of carbonyl (C=O) groups is 1. The first kappa shape index (κ1) is 17.7. The van der Waals surface area contributed by atoms with Gasteiger partial charge < -0.3 is 20.1 Å². The Hall–Kier alpha value is -2.67. The first-order valence-electron chi connectivity index (χ1n) is 7.83. The Morgan fingerprint density at radius 2 is 2.00 bits per heavy atom. The van der Waals surface area contributed by atoms with Gasteiger partial charge in [-0.15, -0.1) is 0 Å². The molecule has 1 aromatic carbocycles. The van der Waals surface area contributed by atoms with Gasteiger partial charge in [0.2, 0.25) is 5.95 Å². The summed E-state index contributed by atoms with van der Waals surface area (Å²) in [6.45, 7) is 3.62. The minimum atomic E-state index is -0.331. The lowest BCUT2D eigenvalue weighted by atomic mass is 10.2. The molecule has 7 nitrogen and oxygen atoms in total. The van der Waals surface area contributed by atoms with Crippen LogP contribution in [-0.4, -0.2) is 42.8 Å². The Morgan fingerprint density at radius 1 is 1.21 bits per heavy atom. The van der Waals surface area contributed by atoms with Crippen molar-refractivity contribution in [3.8, 4) is 0 Å². The van der Waals surface area contributed by atoms with E-state index in [1.807, 2.05) is 6.07 Å². The number of nitrogens with zero attached hydrogens (tertiary/aromatic N) is 2. The van der Waals surface area contributed by atoms with Gasteiger partial charge in [0.25, 0.3) is 0 Å². The summed E-state index contributed by atoms with van der Waals surface area (Å²) in [6.07, 6.45) is 2.58. The van der Waals surface area contributed by atoms with Crippen LogP contribution >= 0.6 is 0 Å².